The summed E-state index contributed by atoms with van der Waals surface area (Å²) in [6, 6.07) is 5.67. The molecule has 0 bridgehead atoms. The van der Waals surface area contributed by atoms with Gasteiger partial charge in [-0.05, 0) is 25.0 Å². The van der Waals surface area contributed by atoms with Gasteiger partial charge in [-0.3, -0.25) is 0 Å². The quantitative estimate of drug-likeness (QED) is 0.884. The fourth-order valence-electron chi connectivity index (χ4n) is 2.33. The van der Waals surface area contributed by atoms with Crippen LogP contribution in [0.3, 0.4) is 0 Å². The van der Waals surface area contributed by atoms with E-state index in [9.17, 15) is 8.78 Å². The van der Waals surface area contributed by atoms with Crippen LogP contribution in [0.1, 0.15) is 35.4 Å². The molecule has 1 aliphatic carbocycles. The molecule has 17 heavy (non-hydrogen) atoms. The Bertz CT molecular complexity index is 438. The van der Waals surface area contributed by atoms with Crippen molar-refractivity contribution in [2.45, 2.75) is 37.0 Å². The molecule has 0 unspecified atom stereocenters. The lowest BCUT2D eigenvalue weighted by Crippen LogP contribution is -2.41. The first-order valence-corrected chi connectivity index (χ1v) is 6.41. The van der Waals surface area contributed by atoms with Gasteiger partial charge in [0.05, 0.1) is 0 Å². The van der Waals surface area contributed by atoms with Crippen LogP contribution in [0.25, 0.3) is 0 Å². The molecule has 92 valence electrons. The first kappa shape index (κ1) is 12.5. The minimum absolute atomic E-state index is 0.107. The minimum Gasteiger partial charge on any atom is -0.330 e. The molecule has 0 aliphatic heterocycles. The highest BCUT2D eigenvalue weighted by molar-refractivity contribution is 7.12. The molecule has 0 amide bonds. The summed E-state index contributed by atoms with van der Waals surface area (Å²) in [5, 5.41) is 8.80. The molecular weight excluding hydrogens is 242 g/mol. The van der Waals surface area contributed by atoms with Crippen molar-refractivity contribution in [3.05, 3.63) is 21.9 Å². The van der Waals surface area contributed by atoms with Gasteiger partial charge in [0.25, 0.3) is 0 Å². The third-order valence-corrected chi connectivity index (χ3v) is 4.80. The largest absolute Gasteiger partial charge is 0.330 e. The van der Waals surface area contributed by atoms with Crippen molar-refractivity contribution in [3.63, 3.8) is 0 Å². The Balaban J connectivity index is 2.24. The van der Waals surface area contributed by atoms with Crippen LogP contribution < -0.4 is 5.73 Å². The predicted molar refractivity (Wildman–Crippen MR) is 63.2 cm³/mol. The van der Waals surface area contributed by atoms with E-state index in [1.807, 2.05) is 6.07 Å². The number of alkyl halides is 2. The molecule has 5 heteroatoms. The van der Waals surface area contributed by atoms with E-state index >= 15 is 0 Å². The van der Waals surface area contributed by atoms with Crippen molar-refractivity contribution in [3.8, 4) is 6.07 Å². The molecule has 0 atom stereocenters. The predicted octanol–water partition coefficient (Wildman–Crippen LogP) is 3.03. The fraction of sp³-hybridized carbons (Fsp3) is 0.583. The molecule has 1 aromatic rings. The summed E-state index contributed by atoms with van der Waals surface area (Å²) >= 11 is 1.38. The van der Waals surface area contributed by atoms with E-state index in [1.54, 1.807) is 6.07 Å². The Kier molecular flexibility index (Phi) is 3.19. The monoisotopic (exact) mass is 256 g/mol. The van der Waals surface area contributed by atoms with Gasteiger partial charge in [-0.1, -0.05) is 0 Å². The van der Waals surface area contributed by atoms with Crippen LogP contribution in [0, 0.1) is 11.3 Å². The van der Waals surface area contributed by atoms with Gasteiger partial charge in [0.2, 0.25) is 5.92 Å². The summed E-state index contributed by atoms with van der Waals surface area (Å²) in [7, 11) is 0. The van der Waals surface area contributed by atoms with Crippen molar-refractivity contribution >= 4 is 11.3 Å². The number of hydrogen-bond donors (Lipinski definition) is 1. The maximum Gasteiger partial charge on any atom is 0.248 e. The van der Waals surface area contributed by atoms with Gasteiger partial charge in [-0.25, -0.2) is 8.78 Å². The van der Waals surface area contributed by atoms with E-state index in [0.29, 0.717) is 24.3 Å². The second-order valence-corrected chi connectivity index (χ2v) is 5.70. The first-order valence-electron chi connectivity index (χ1n) is 5.60. The van der Waals surface area contributed by atoms with Crippen molar-refractivity contribution in [1.29, 1.82) is 5.26 Å². The number of nitriles is 1. The molecule has 1 fully saturated rings. The summed E-state index contributed by atoms with van der Waals surface area (Å²) in [6.45, 7) is 0.370. The average Bonchev–Trinajstić information content (AvgIpc) is 2.79. The van der Waals surface area contributed by atoms with Gasteiger partial charge in [-0.15, -0.1) is 11.3 Å². The summed E-state index contributed by atoms with van der Waals surface area (Å²) < 4.78 is 26.4. The Morgan fingerprint density at radius 1 is 1.29 bits per heavy atom. The Labute approximate surface area is 103 Å². The van der Waals surface area contributed by atoms with Crippen LogP contribution >= 0.6 is 11.3 Å². The van der Waals surface area contributed by atoms with Crippen LogP contribution in [0.15, 0.2) is 12.1 Å². The lowest BCUT2D eigenvalue weighted by atomic mass is 9.72. The standard InChI is InChI=1S/C12H14F2N2S/c13-12(14)5-3-11(8-16,4-6-12)10-2-1-9(7-15)17-10/h1-2H,3-6,8,16H2. The minimum atomic E-state index is -2.55. The van der Waals surface area contributed by atoms with Crippen LogP contribution in [0.5, 0.6) is 0 Å². The Morgan fingerprint density at radius 2 is 1.94 bits per heavy atom. The number of thiophene rings is 1. The molecule has 0 spiro atoms. The van der Waals surface area contributed by atoms with Crippen LogP contribution in [0.4, 0.5) is 8.78 Å². The van der Waals surface area contributed by atoms with E-state index in [-0.39, 0.29) is 18.3 Å². The molecule has 0 aromatic carbocycles. The molecule has 2 nitrogen and oxygen atoms in total. The highest BCUT2D eigenvalue weighted by Gasteiger charge is 2.44. The third-order valence-electron chi connectivity index (χ3n) is 3.57. The number of nitrogens with zero attached hydrogens (tertiary/aromatic N) is 1. The summed E-state index contributed by atoms with van der Waals surface area (Å²) in [4.78, 5) is 1.59. The highest BCUT2D eigenvalue weighted by Crippen LogP contribution is 2.46. The zero-order chi connectivity index (χ0) is 12.5. The normalized spacial score (nSPS) is 22.0. The molecule has 0 saturated heterocycles. The second-order valence-electron chi connectivity index (χ2n) is 4.62. The molecule has 1 aromatic heterocycles. The molecular formula is C12H14F2N2S. The van der Waals surface area contributed by atoms with Crippen molar-refractivity contribution < 1.29 is 8.78 Å². The molecule has 1 aliphatic rings. The third kappa shape index (κ3) is 2.33. The smallest absolute Gasteiger partial charge is 0.248 e. The summed E-state index contributed by atoms with van der Waals surface area (Å²) in [5.41, 5.74) is 5.44. The van der Waals surface area contributed by atoms with E-state index in [4.69, 9.17) is 11.0 Å². The highest BCUT2D eigenvalue weighted by atomic mass is 32.1. The number of nitrogens with two attached hydrogens (primary N) is 1. The maximum absolute atomic E-state index is 13.2. The Hall–Kier alpha value is -0.990. The molecule has 1 saturated carbocycles. The van der Waals surface area contributed by atoms with E-state index in [1.165, 1.54) is 11.3 Å². The van der Waals surface area contributed by atoms with Gasteiger partial charge in [0, 0.05) is 29.7 Å². The van der Waals surface area contributed by atoms with Crippen LogP contribution in [-0.2, 0) is 5.41 Å². The van der Waals surface area contributed by atoms with Crippen molar-refractivity contribution in [2.75, 3.05) is 6.54 Å². The SMILES string of the molecule is N#Cc1ccc(C2(CN)CCC(F)(F)CC2)s1. The summed E-state index contributed by atoms with van der Waals surface area (Å²) in [5.74, 6) is -2.55. The van der Waals surface area contributed by atoms with Gasteiger partial charge in [0.15, 0.2) is 0 Å². The van der Waals surface area contributed by atoms with Crippen molar-refractivity contribution in [2.24, 2.45) is 5.73 Å². The number of rotatable bonds is 2. The molecule has 2 rings (SSSR count). The maximum atomic E-state index is 13.2. The van der Waals surface area contributed by atoms with Gasteiger partial charge < -0.3 is 5.73 Å². The first-order chi connectivity index (χ1) is 8.01. The average molecular weight is 256 g/mol. The zero-order valence-electron chi connectivity index (χ0n) is 9.38. The van der Waals surface area contributed by atoms with Gasteiger partial charge in [0.1, 0.15) is 10.9 Å². The van der Waals surface area contributed by atoms with Gasteiger partial charge in [-0.2, -0.15) is 5.26 Å². The topological polar surface area (TPSA) is 49.8 Å². The lowest BCUT2D eigenvalue weighted by Gasteiger charge is -2.38. The van der Waals surface area contributed by atoms with E-state index in [2.05, 4.69) is 6.07 Å². The lowest BCUT2D eigenvalue weighted by molar-refractivity contribution is -0.0504. The van der Waals surface area contributed by atoms with Crippen molar-refractivity contribution in [1.82, 2.24) is 0 Å². The number of halogens is 2. The van der Waals surface area contributed by atoms with E-state index in [0.717, 1.165) is 4.88 Å². The van der Waals surface area contributed by atoms with E-state index < -0.39 is 5.92 Å². The molecule has 0 radical (unpaired) electrons. The van der Waals surface area contributed by atoms with Crippen LogP contribution in [-0.4, -0.2) is 12.5 Å². The zero-order valence-corrected chi connectivity index (χ0v) is 10.2. The number of hydrogen-bond acceptors (Lipinski definition) is 3. The Morgan fingerprint density at radius 3 is 2.41 bits per heavy atom. The second kappa shape index (κ2) is 4.35. The molecule has 2 N–H and O–H groups in total. The van der Waals surface area contributed by atoms with Gasteiger partial charge >= 0.3 is 0 Å². The molecule has 1 heterocycles. The van der Waals surface area contributed by atoms with Crippen LogP contribution in [0.2, 0.25) is 0 Å². The summed E-state index contributed by atoms with van der Waals surface area (Å²) in [6.07, 6.45) is 0.595. The fourth-order valence-corrected chi connectivity index (χ4v) is 3.39.